The summed E-state index contributed by atoms with van der Waals surface area (Å²) in [6.07, 6.45) is 0. The van der Waals surface area contributed by atoms with Crippen LogP contribution in [0.2, 0.25) is 0 Å². The normalized spacial score (nSPS) is 11.1. The molecular weight excluding hydrogens is 611 g/mol. The van der Waals surface area contributed by atoms with Crippen molar-refractivity contribution in [1.82, 2.24) is 9.13 Å². The van der Waals surface area contributed by atoms with Crippen LogP contribution in [-0.4, -0.2) is 9.13 Å². The molecule has 0 saturated carbocycles. The zero-order chi connectivity index (χ0) is 33.8. The Morgan fingerprint density at radius 2 is 1.06 bits per heavy atom. The molecule has 0 N–H and O–H groups in total. The van der Waals surface area contributed by atoms with E-state index in [-0.39, 0.29) is 0 Å². The lowest BCUT2D eigenvalue weighted by atomic mass is 9.97. The molecule has 2 heterocycles. The fraction of sp³-hybridized carbons (Fsp3) is 0. The Morgan fingerprint density at radius 1 is 0.460 bits per heavy atom. The van der Waals surface area contributed by atoms with E-state index in [1.54, 1.807) is 0 Å². The van der Waals surface area contributed by atoms with Crippen molar-refractivity contribution < 1.29 is 0 Å². The maximum Gasteiger partial charge on any atom is 0.189 e. The fourth-order valence-electron chi connectivity index (χ4n) is 7.30. The van der Waals surface area contributed by atoms with Crippen LogP contribution in [-0.2, 0) is 0 Å². The predicted octanol–water partition coefficient (Wildman–Crippen LogP) is 12.2. The Bertz CT molecular complexity index is 2960. The standard InChI is InChI=1S/C45H25N5/c1-47-33-18-23-44-40(26-33)38-11-4-6-13-42(38)50(44)45-27-34(48-2)17-21-36(45)32-9-7-8-31(25-32)30-15-19-35(20-16-30)49-41-12-5-3-10-37(41)39-24-29(28-46)14-22-43(39)49/h3-27H. The molecule has 0 atom stereocenters. The Hall–Kier alpha value is -7.39. The van der Waals surface area contributed by atoms with Crippen LogP contribution in [0.5, 0.6) is 0 Å². The van der Waals surface area contributed by atoms with Crippen molar-refractivity contribution in [1.29, 1.82) is 5.26 Å². The van der Waals surface area contributed by atoms with Gasteiger partial charge in [-0.3, -0.25) is 0 Å². The van der Waals surface area contributed by atoms with Crippen molar-refractivity contribution in [2.45, 2.75) is 0 Å². The maximum absolute atomic E-state index is 9.53. The van der Waals surface area contributed by atoms with Crippen LogP contribution < -0.4 is 0 Å². The third-order valence-corrected chi connectivity index (χ3v) is 9.57. The highest BCUT2D eigenvalue weighted by atomic mass is 15.0. The van der Waals surface area contributed by atoms with Crippen LogP contribution in [0.25, 0.3) is 86.9 Å². The summed E-state index contributed by atoms with van der Waals surface area (Å²) in [5, 5.41) is 13.8. The van der Waals surface area contributed by atoms with E-state index < -0.39 is 0 Å². The molecule has 0 aliphatic carbocycles. The molecule has 0 radical (unpaired) electrons. The van der Waals surface area contributed by atoms with Gasteiger partial charge in [-0.1, -0.05) is 84.9 Å². The van der Waals surface area contributed by atoms with Gasteiger partial charge in [0, 0.05) is 33.1 Å². The first-order valence-electron chi connectivity index (χ1n) is 16.2. The van der Waals surface area contributed by atoms with Gasteiger partial charge in [0.05, 0.1) is 46.8 Å². The molecule has 9 aromatic rings. The van der Waals surface area contributed by atoms with Gasteiger partial charge in [0.15, 0.2) is 11.4 Å². The highest BCUT2D eigenvalue weighted by Crippen LogP contribution is 2.40. The third-order valence-electron chi connectivity index (χ3n) is 9.57. The van der Waals surface area contributed by atoms with Gasteiger partial charge in [-0.2, -0.15) is 5.26 Å². The zero-order valence-corrected chi connectivity index (χ0v) is 26.7. The van der Waals surface area contributed by atoms with Crippen molar-refractivity contribution in [3.63, 3.8) is 0 Å². The molecule has 0 unspecified atom stereocenters. The van der Waals surface area contributed by atoms with Gasteiger partial charge in [-0.05, 0) is 88.8 Å². The van der Waals surface area contributed by atoms with E-state index in [2.05, 4.69) is 97.7 Å². The van der Waals surface area contributed by atoms with E-state index in [0.717, 1.165) is 77.2 Å². The summed E-state index contributed by atoms with van der Waals surface area (Å²) in [6, 6.07) is 53.6. The van der Waals surface area contributed by atoms with E-state index in [0.29, 0.717) is 16.9 Å². The zero-order valence-electron chi connectivity index (χ0n) is 26.7. The summed E-state index contributed by atoms with van der Waals surface area (Å²) in [5.74, 6) is 0. The number of nitrogens with zero attached hydrogens (tertiary/aromatic N) is 5. The molecule has 7 aromatic carbocycles. The van der Waals surface area contributed by atoms with Crippen molar-refractivity contribution in [3.05, 3.63) is 180 Å². The fourth-order valence-corrected chi connectivity index (χ4v) is 7.30. The second-order valence-electron chi connectivity index (χ2n) is 12.3. The molecule has 5 heteroatoms. The Morgan fingerprint density at radius 3 is 1.80 bits per heavy atom. The van der Waals surface area contributed by atoms with Crippen molar-refractivity contribution in [2.24, 2.45) is 0 Å². The molecule has 230 valence electrons. The van der Waals surface area contributed by atoms with Crippen LogP contribution in [0.4, 0.5) is 11.4 Å². The average Bonchev–Trinajstić information content (AvgIpc) is 3.69. The molecule has 9 rings (SSSR count). The Labute approximate surface area is 288 Å². The van der Waals surface area contributed by atoms with E-state index in [1.165, 1.54) is 0 Å². The summed E-state index contributed by atoms with van der Waals surface area (Å²) < 4.78 is 4.47. The molecule has 5 nitrogen and oxygen atoms in total. The molecule has 0 fully saturated rings. The molecule has 0 aliphatic rings. The van der Waals surface area contributed by atoms with Gasteiger partial charge < -0.3 is 9.13 Å². The highest BCUT2D eigenvalue weighted by Gasteiger charge is 2.18. The molecule has 2 aromatic heterocycles. The summed E-state index contributed by atoms with van der Waals surface area (Å²) >= 11 is 0. The third kappa shape index (κ3) is 4.45. The molecule has 50 heavy (non-hydrogen) atoms. The number of para-hydroxylation sites is 2. The molecular formula is C45H25N5. The summed E-state index contributed by atoms with van der Waals surface area (Å²) in [6.45, 7) is 15.4. The lowest BCUT2D eigenvalue weighted by Crippen LogP contribution is -1.97. The van der Waals surface area contributed by atoms with E-state index in [9.17, 15) is 5.26 Å². The van der Waals surface area contributed by atoms with Gasteiger partial charge in [0.1, 0.15) is 0 Å². The van der Waals surface area contributed by atoms with Gasteiger partial charge >= 0.3 is 0 Å². The van der Waals surface area contributed by atoms with Gasteiger partial charge in [-0.15, -0.1) is 0 Å². The number of rotatable bonds is 4. The van der Waals surface area contributed by atoms with Gasteiger partial charge in [0.2, 0.25) is 0 Å². The number of nitriles is 1. The quantitative estimate of drug-likeness (QED) is 0.177. The van der Waals surface area contributed by atoms with Crippen molar-refractivity contribution in [2.75, 3.05) is 0 Å². The highest BCUT2D eigenvalue weighted by molar-refractivity contribution is 6.11. The first-order chi connectivity index (χ1) is 24.6. The van der Waals surface area contributed by atoms with Crippen LogP contribution >= 0.6 is 0 Å². The first-order valence-corrected chi connectivity index (χ1v) is 16.2. The topological polar surface area (TPSA) is 42.4 Å². The number of aromatic nitrogens is 2. The molecule has 0 spiro atoms. The minimum atomic E-state index is 0.563. The Balaban J connectivity index is 1.17. The van der Waals surface area contributed by atoms with Crippen LogP contribution in [0.3, 0.4) is 0 Å². The maximum atomic E-state index is 9.53. The smallest absolute Gasteiger partial charge is 0.189 e. The lowest BCUT2D eigenvalue weighted by Gasteiger charge is -2.16. The molecule has 0 saturated heterocycles. The summed E-state index contributed by atoms with van der Waals surface area (Å²) in [7, 11) is 0. The number of hydrogen-bond acceptors (Lipinski definition) is 1. The molecule has 0 aliphatic heterocycles. The van der Waals surface area contributed by atoms with E-state index in [4.69, 9.17) is 13.1 Å². The average molecular weight is 636 g/mol. The molecule has 0 bridgehead atoms. The monoisotopic (exact) mass is 635 g/mol. The molecule has 0 amide bonds. The Kier molecular flexibility index (Phi) is 6.56. The second kappa shape index (κ2) is 11.4. The SMILES string of the molecule is [C-]#[N+]c1ccc(-c2cccc(-c3ccc(-n4c5ccccc5c5cc(C#N)ccc54)cc3)c2)c(-n2c3ccccc3c3cc([N+]#[C-])ccc32)c1. The summed E-state index contributed by atoms with van der Waals surface area (Å²) in [4.78, 5) is 7.47. The minimum absolute atomic E-state index is 0.563. The number of hydrogen-bond donors (Lipinski definition) is 0. The van der Waals surface area contributed by atoms with Crippen molar-refractivity contribution >= 4 is 55.0 Å². The summed E-state index contributed by atoms with van der Waals surface area (Å²) in [5.41, 5.74) is 12.2. The largest absolute Gasteiger partial charge is 0.310 e. The van der Waals surface area contributed by atoms with Gasteiger partial charge in [-0.25, -0.2) is 9.69 Å². The van der Waals surface area contributed by atoms with E-state index in [1.807, 2.05) is 78.9 Å². The number of fused-ring (bicyclic) bond motifs is 6. The van der Waals surface area contributed by atoms with Crippen LogP contribution in [0.15, 0.2) is 152 Å². The minimum Gasteiger partial charge on any atom is -0.310 e. The van der Waals surface area contributed by atoms with E-state index >= 15 is 0 Å². The lowest BCUT2D eigenvalue weighted by molar-refractivity contribution is 1.18. The van der Waals surface area contributed by atoms with Crippen LogP contribution in [0, 0.1) is 24.5 Å². The first kappa shape index (κ1) is 28.8. The predicted molar refractivity (Wildman–Crippen MR) is 203 cm³/mol. The second-order valence-corrected chi connectivity index (χ2v) is 12.3. The number of benzene rings is 7. The van der Waals surface area contributed by atoms with Gasteiger partial charge in [0.25, 0.3) is 0 Å². The van der Waals surface area contributed by atoms with Crippen molar-refractivity contribution in [3.8, 4) is 39.7 Å². The van der Waals surface area contributed by atoms with Crippen LogP contribution in [0.1, 0.15) is 5.56 Å².